The number of aryl methyl sites for hydroxylation is 2. The molecule has 0 aliphatic heterocycles. The molecule has 0 aromatic heterocycles. The number of nitrogens with one attached hydrogen (secondary N) is 1. The number of sulfonamides is 1. The van der Waals surface area contributed by atoms with Crippen LogP contribution in [0.5, 0.6) is 0 Å². The van der Waals surface area contributed by atoms with Crippen molar-refractivity contribution < 1.29 is 18.0 Å². The smallest absolute Gasteiger partial charge is 0.243 e. The molecule has 1 atom stereocenters. The van der Waals surface area contributed by atoms with E-state index >= 15 is 0 Å². The maximum absolute atomic E-state index is 13.9. The first kappa shape index (κ1) is 33.4. The van der Waals surface area contributed by atoms with Gasteiger partial charge in [0.05, 0.1) is 11.9 Å². The fourth-order valence-corrected chi connectivity index (χ4v) is 6.34. The van der Waals surface area contributed by atoms with Crippen molar-refractivity contribution >= 4 is 50.7 Å². The number of rotatable bonds is 14. The number of hydrogen-bond donors (Lipinski definition) is 1. The molecule has 226 valence electrons. The topological polar surface area (TPSA) is 86.8 Å². The molecule has 0 aliphatic rings. The SMILES string of the molecule is CCCNC(=O)[C@@H](Cc1ccccc1)N(Cc1c(Cl)cccc1Cl)C(=O)CCCN(c1cc(C)cc(C)c1)S(C)(=O)=O. The maximum atomic E-state index is 13.9. The Bertz CT molecular complexity index is 1440. The number of carbonyl (C=O) groups excluding carboxylic acids is 2. The highest BCUT2D eigenvalue weighted by Crippen LogP contribution is 2.28. The van der Waals surface area contributed by atoms with Gasteiger partial charge in [0.15, 0.2) is 0 Å². The van der Waals surface area contributed by atoms with Gasteiger partial charge in [-0.05, 0) is 67.6 Å². The molecule has 10 heteroatoms. The Morgan fingerprint density at radius 3 is 2.12 bits per heavy atom. The van der Waals surface area contributed by atoms with Crippen LogP contribution in [0.1, 0.15) is 48.4 Å². The van der Waals surface area contributed by atoms with Crippen molar-refractivity contribution in [1.29, 1.82) is 0 Å². The average molecular weight is 633 g/mol. The van der Waals surface area contributed by atoms with Crippen LogP contribution in [0.4, 0.5) is 5.69 Å². The Kier molecular flexibility index (Phi) is 12.3. The number of halogens is 2. The summed E-state index contributed by atoms with van der Waals surface area (Å²) in [4.78, 5) is 29.0. The van der Waals surface area contributed by atoms with Crippen molar-refractivity contribution in [2.24, 2.45) is 0 Å². The molecule has 3 aromatic carbocycles. The van der Waals surface area contributed by atoms with Crippen LogP contribution in [-0.4, -0.2) is 50.5 Å². The summed E-state index contributed by atoms with van der Waals surface area (Å²) in [6, 6.07) is 19.4. The molecule has 0 saturated carbocycles. The third-order valence-corrected chi connectivity index (χ3v) is 8.76. The summed E-state index contributed by atoms with van der Waals surface area (Å²) in [6.07, 6.45) is 2.47. The summed E-state index contributed by atoms with van der Waals surface area (Å²) in [7, 11) is -3.60. The fraction of sp³-hybridized carbons (Fsp3) is 0.375. The summed E-state index contributed by atoms with van der Waals surface area (Å²) >= 11 is 13.0. The number of nitrogens with zero attached hydrogens (tertiary/aromatic N) is 2. The van der Waals surface area contributed by atoms with Gasteiger partial charge < -0.3 is 10.2 Å². The molecule has 0 bridgehead atoms. The van der Waals surface area contributed by atoms with Crippen LogP contribution >= 0.6 is 23.2 Å². The highest BCUT2D eigenvalue weighted by atomic mass is 35.5. The molecule has 42 heavy (non-hydrogen) atoms. The van der Waals surface area contributed by atoms with Crippen molar-refractivity contribution in [2.75, 3.05) is 23.7 Å². The monoisotopic (exact) mass is 631 g/mol. The summed E-state index contributed by atoms with van der Waals surface area (Å²) < 4.78 is 26.8. The Balaban J connectivity index is 1.92. The van der Waals surface area contributed by atoms with Crippen LogP contribution in [-0.2, 0) is 32.6 Å². The van der Waals surface area contributed by atoms with E-state index in [0.29, 0.717) is 34.3 Å². The zero-order valence-electron chi connectivity index (χ0n) is 24.6. The van der Waals surface area contributed by atoms with Crippen LogP contribution in [0, 0.1) is 13.8 Å². The fourth-order valence-electron chi connectivity index (χ4n) is 4.87. The van der Waals surface area contributed by atoms with Gasteiger partial charge in [-0.1, -0.05) is 72.6 Å². The van der Waals surface area contributed by atoms with Gasteiger partial charge in [0, 0.05) is 48.1 Å². The van der Waals surface area contributed by atoms with Gasteiger partial charge in [0.1, 0.15) is 6.04 Å². The molecule has 2 amide bonds. The van der Waals surface area contributed by atoms with E-state index in [9.17, 15) is 18.0 Å². The maximum Gasteiger partial charge on any atom is 0.243 e. The Morgan fingerprint density at radius 1 is 0.929 bits per heavy atom. The summed E-state index contributed by atoms with van der Waals surface area (Å²) in [5.41, 5.74) is 3.89. The average Bonchev–Trinajstić information content (AvgIpc) is 2.92. The second-order valence-corrected chi connectivity index (χ2v) is 13.2. The van der Waals surface area contributed by atoms with E-state index in [1.807, 2.05) is 69.3 Å². The van der Waals surface area contributed by atoms with Gasteiger partial charge in [0.2, 0.25) is 21.8 Å². The molecular weight excluding hydrogens is 593 g/mol. The Labute approximate surface area is 259 Å². The lowest BCUT2D eigenvalue weighted by Crippen LogP contribution is -2.50. The minimum atomic E-state index is -3.60. The first-order valence-electron chi connectivity index (χ1n) is 14.0. The van der Waals surface area contributed by atoms with E-state index in [0.717, 1.165) is 29.4 Å². The molecule has 3 rings (SSSR count). The molecule has 1 N–H and O–H groups in total. The van der Waals surface area contributed by atoms with E-state index < -0.39 is 16.1 Å². The highest BCUT2D eigenvalue weighted by molar-refractivity contribution is 7.92. The Morgan fingerprint density at radius 2 is 1.55 bits per heavy atom. The second kappa shape index (κ2) is 15.4. The number of carbonyl (C=O) groups is 2. The lowest BCUT2D eigenvalue weighted by molar-refractivity contribution is -0.141. The lowest BCUT2D eigenvalue weighted by Gasteiger charge is -2.32. The van der Waals surface area contributed by atoms with Crippen LogP contribution in [0.3, 0.4) is 0 Å². The van der Waals surface area contributed by atoms with Crippen LogP contribution in [0.15, 0.2) is 66.7 Å². The molecule has 0 unspecified atom stereocenters. The van der Waals surface area contributed by atoms with E-state index in [4.69, 9.17) is 23.2 Å². The van der Waals surface area contributed by atoms with Crippen molar-refractivity contribution in [3.8, 4) is 0 Å². The van der Waals surface area contributed by atoms with E-state index in [2.05, 4.69) is 5.32 Å². The molecule has 0 saturated heterocycles. The first-order chi connectivity index (χ1) is 19.9. The molecular formula is C32H39Cl2N3O4S. The quantitative estimate of drug-likeness (QED) is 0.225. The summed E-state index contributed by atoms with van der Waals surface area (Å²) in [6.45, 7) is 6.39. The minimum absolute atomic E-state index is 0.0191. The van der Waals surface area contributed by atoms with Gasteiger partial charge in [-0.3, -0.25) is 13.9 Å². The first-order valence-corrected chi connectivity index (χ1v) is 16.6. The van der Waals surface area contributed by atoms with Crippen LogP contribution < -0.4 is 9.62 Å². The highest BCUT2D eigenvalue weighted by Gasteiger charge is 2.31. The lowest BCUT2D eigenvalue weighted by atomic mass is 10.0. The molecule has 3 aromatic rings. The van der Waals surface area contributed by atoms with E-state index in [1.165, 1.54) is 9.21 Å². The normalized spacial score (nSPS) is 12.0. The van der Waals surface area contributed by atoms with Crippen LogP contribution in [0.25, 0.3) is 0 Å². The minimum Gasteiger partial charge on any atom is -0.354 e. The largest absolute Gasteiger partial charge is 0.354 e. The second-order valence-electron chi connectivity index (χ2n) is 10.5. The zero-order valence-corrected chi connectivity index (χ0v) is 26.9. The van der Waals surface area contributed by atoms with E-state index in [-0.39, 0.29) is 37.7 Å². The predicted molar refractivity (Wildman–Crippen MR) is 172 cm³/mol. The molecule has 0 radical (unpaired) electrons. The van der Waals surface area contributed by atoms with Gasteiger partial charge in [-0.15, -0.1) is 0 Å². The van der Waals surface area contributed by atoms with Gasteiger partial charge in [0.25, 0.3) is 0 Å². The van der Waals surface area contributed by atoms with Crippen molar-refractivity contribution in [2.45, 2.75) is 59.0 Å². The van der Waals surface area contributed by atoms with Crippen molar-refractivity contribution in [3.05, 3.63) is 99.0 Å². The van der Waals surface area contributed by atoms with Gasteiger partial charge in [-0.2, -0.15) is 0 Å². The standard InChI is InChI=1S/C32H39Cl2N3O4S/c1-5-16-35-32(39)30(21-25-11-7-6-8-12-25)36(22-27-28(33)13-9-14-29(27)34)31(38)15-10-17-37(42(4,40)41)26-19-23(2)18-24(3)20-26/h6-9,11-14,18-20,30H,5,10,15-17,21-22H2,1-4H3,(H,35,39)/t30-/m1/s1. The molecule has 0 fully saturated rings. The van der Waals surface area contributed by atoms with Crippen molar-refractivity contribution in [3.63, 3.8) is 0 Å². The van der Waals surface area contributed by atoms with Gasteiger partial charge >= 0.3 is 0 Å². The molecule has 0 aliphatic carbocycles. The Hall–Kier alpha value is -3.07. The number of anilines is 1. The molecule has 0 spiro atoms. The third-order valence-electron chi connectivity index (χ3n) is 6.86. The number of benzene rings is 3. The number of hydrogen-bond acceptors (Lipinski definition) is 4. The van der Waals surface area contributed by atoms with Gasteiger partial charge in [-0.25, -0.2) is 8.42 Å². The summed E-state index contributed by atoms with van der Waals surface area (Å²) in [5, 5.41) is 3.73. The molecule has 0 heterocycles. The number of amides is 2. The molecule has 7 nitrogen and oxygen atoms in total. The van der Waals surface area contributed by atoms with Crippen molar-refractivity contribution in [1.82, 2.24) is 10.2 Å². The van der Waals surface area contributed by atoms with Crippen LogP contribution in [0.2, 0.25) is 10.0 Å². The van der Waals surface area contributed by atoms with E-state index in [1.54, 1.807) is 18.2 Å². The summed E-state index contributed by atoms with van der Waals surface area (Å²) in [5.74, 6) is -0.572. The third kappa shape index (κ3) is 9.48. The predicted octanol–water partition coefficient (Wildman–Crippen LogP) is 6.32. The zero-order chi connectivity index (χ0) is 30.9.